The lowest BCUT2D eigenvalue weighted by atomic mass is 9.95. The molecule has 0 aromatic carbocycles. The van der Waals surface area contributed by atoms with Crippen LogP contribution in [0.2, 0.25) is 0 Å². The van der Waals surface area contributed by atoms with Crippen LogP contribution in [0.25, 0.3) is 0 Å². The van der Waals surface area contributed by atoms with Gasteiger partial charge in [0.1, 0.15) is 6.04 Å². The fourth-order valence-electron chi connectivity index (χ4n) is 2.41. The number of amides is 2. The van der Waals surface area contributed by atoms with Gasteiger partial charge in [-0.2, -0.15) is 0 Å². The van der Waals surface area contributed by atoms with Crippen molar-refractivity contribution < 1.29 is 24.2 Å². The SMILES string of the molecule is CCC1CCN(C(=O)N[C@H](CCC(=O)OC)C(=O)O)CC1. The molecule has 120 valence electrons. The van der Waals surface area contributed by atoms with Crippen molar-refractivity contribution in [2.75, 3.05) is 20.2 Å². The first kappa shape index (κ1) is 17.3. The Morgan fingerprint density at radius 3 is 2.43 bits per heavy atom. The number of ether oxygens (including phenoxy) is 1. The van der Waals surface area contributed by atoms with Crippen LogP contribution in [0.4, 0.5) is 4.79 Å². The summed E-state index contributed by atoms with van der Waals surface area (Å²) in [6, 6.07) is -1.44. The third kappa shape index (κ3) is 5.61. The molecule has 0 aliphatic carbocycles. The first-order valence-corrected chi connectivity index (χ1v) is 7.33. The van der Waals surface area contributed by atoms with E-state index in [0.717, 1.165) is 19.3 Å². The summed E-state index contributed by atoms with van der Waals surface area (Å²) >= 11 is 0. The number of carbonyl (C=O) groups is 3. The number of esters is 1. The minimum Gasteiger partial charge on any atom is -0.480 e. The van der Waals surface area contributed by atoms with Crippen molar-refractivity contribution in [3.05, 3.63) is 0 Å². The Morgan fingerprint density at radius 2 is 1.95 bits per heavy atom. The molecule has 1 heterocycles. The average molecular weight is 300 g/mol. The highest BCUT2D eigenvalue weighted by molar-refractivity contribution is 5.83. The molecule has 2 amide bonds. The maximum Gasteiger partial charge on any atom is 0.326 e. The molecule has 0 aromatic rings. The van der Waals surface area contributed by atoms with Crippen LogP contribution in [0.5, 0.6) is 0 Å². The molecule has 1 atom stereocenters. The zero-order chi connectivity index (χ0) is 15.8. The van der Waals surface area contributed by atoms with Crippen LogP contribution < -0.4 is 5.32 Å². The third-order valence-electron chi connectivity index (χ3n) is 3.94. The number of hydrogen-bond donors (Lipinski definition) is 2. The zero-order valence-corrected chi connectivity index (χ0v) is 12.6. The molecule has 1 aliphatic rings. The van der Waals surface area contributed by atoms with E-state index in [1.807, 2.05) is 0 Å². The maximum absolute atomic E-state index is 12.1. The van der Waals surface area contributed by atoms with E-state index in [1.54, 1.807) is 4.90 Å². The van der Waals surface area contributed by atoms with E-state index >= 15 is 0 Å². The predicted molar refractivity (Wildman–Crippen MR) is 75.8 cm³/mol. The first-order valence-electron chi connectivity index (χ1n) is 7.33. The summed E-state index contributed by atoms with van der Waals surface area (Å²) in [5.74, 6) is -0.987. The number of carboxylic acids is 1. The summed E-state index contributed by atoms with van der Waals surface area (Å²) in [4.78, 5) is 35.9. The highest BCUT2D eigenvalue weighted by Gasteiger charge is 2.26. The van der Waals surface area contributed by atoms with E-state index in [0.29, 0.717) is 19.0 Å². The molecule has 1 saturated heterocycles. The average Bonchev–Trinajstić information content (AvgIpc) is 2.50. The molecule has 7 heteroatoms. The highest BCUT2D eigenvalue weighted by Crippen LogP contribution is 2.19. The lowest BCUT2D eigenvalue weighted by Crippen LogP contribution is -2.50. The van der Waals surface area contributed by atoms with Crippen molar-refractivity contribution in [3.63, 3.8) is 0 Å². The van der Waals surface area contributed by atoms with Gasteiger partial charge in [-0.3, -0.25) is 4.79 Å². The Morgan fingerprint density at radius 1 is 1.33 bits per heavy atom. The summed E-state index contributed by atoms with van der Waals surface area (Å²) in [6.07, 6.45) is 2.99. The number of urea groups is 1. The molecule has 0 radical (unpaired) electrons. The number of piperidine rings is 1. The van der Waals surface area contributed by atoms with Gasteiger partial charge in [-0.05, 0) is 25.2 Å². The summed E-state index contributed by atoms with van der Waals surface area (Å²) < 4.78 is 4.47. The van der Waals surface area contributed by atoms with Gasteiger partial charge in [-0.25, -0.2) is 9.59 Å². The molecule has 1 aliphatic heterocycles. The molecule has 1 rings (SSSR count). The molecule has 21 heavy (non-hydrogen) atoms. The van der Waals surface area contributed by atoms with E-state index in [4.69, 9.17) is 5.11 Å². The smallest absolute Gasteiger partial charge is 0.326 e. The van der Waals surface area contributed by atoms with E-state index in [1.165, 1.54) is 7.11 Å². The van der Waals surface area contributed by atoms with Crippen LogP contribution in [0.15, 0.2) is 0 Å². The molecule has 1 fully saturated rings. The number of methoxy groups -OCH3 is 1. The molecule has 2 N–H and O–H groups in total. The summed E-state index contributed by atoms with van der Waals surface area (Å²) in [5, 5.41) is 11.6. The van der Waals surface area contributed by atoms with Crippen LogP contribution in [0, 0.1) is 5.92 Å². The van der Waals surface area contributed by atoms with Crippen LogP contribution in [0.3, 0.4) is 0 Å². The summed E-state index contributed by atoms with van der Waals surface area (Å²) in [6.45, 7) is 3.43. The fraction of sp³-hybridized carbons (Fsp3) is 0.786. The van der Waals surface area contributed by atoms with Crippen molar-refractivity contribution in [1.29, 1.82) is 0 Å². The molecule has 0 saturated carbocycles. The molecule has 0 aromatic heterocycles. The summed E-state index contributed by atoms with van der Waals surface area (Å²) in [5.41, 5.74) is 0. The monoisotopic (exact) mass is 300 g/mol. The first-order chi connectivity index (χ1) is 9.97. The van der Waals surface area contributed by atoms with Gasteiger partial charge in [0, 0.05) is 19.5 Å². The van der Waals surface area contributed by atoms with Gasteiger partial charge < -0.3 is 20.1 Å². The number of carbonyl (C=O) groups excluding carboxylic acids is 2. The van der Waals surface area contributed by atoms with Gasteiger partial charge in [0.15, 0.2) is 0 Å². The molecule has 0 spiro atoms. The minimum atomic E-state index is -1.14. The second kappa shape index (κ2) is 8.49. The zero-order valence-electron chi connectivity index (χ0n) is 12.6. The third-order valence-corrected chi connectivity index (χ3v) is 3.94. The van der Waals surface area contributed by atoms with Gasteiger partial charge in [-0.1, -0.05) is 13.3 Å². The number of carboxylic acid groups (broad SMARTS) is 1. The quantitative estimate of drug-likeness (QED) is 0.719. The van der Waals surface area contributed by atoms with E-state index in [-0.39, 0.29) is 18.9 Å². The Labute approximate surface area is 124 Å². The van der Waals surface area contributed by atoms with Gasteiger partial charge in [-0.15, -0.1) is 0 Å². The Hall–Kier alpha value is -1.79. The van der Waals surface area contributed by atoms with Gasteiger partial charge >= 0.3 is 18.0 Å². The number of rotatable bonds is 6. The molecule has 0 bridgehead atoms. The standard InChI is InChI=1S/C14H24N2O5/c1-3-10-6-8-16(9-7-10)14(20)15-11(13(18)19)4-5-12(17)21-2/h10-11H,3-9H2,1-2H3,(H,15,20)(H,18,19)/t11-/m1/s1. The predicted octanol–water partition coefficient (Wildman–Crippen LogP) is 1.22. The van der Waals surface area contributed by atoms with E-state index in [9.17, 15) is 14.4 Å². The summed E-state index contributed by atoms with van der Waals surface area (Å²) in [7, 11) is 1.24. The topological polar surface area (TPSA) is 95.9 Å². The van der Waals surface area contributed by atoms with Crippen molar-refractivity contribution in [2.45, 2.75) is 45.1 Å². The van der Waals surface area contributed by atoms with E-state index in [2.05, 4.69) is 17.0 Å². The Kier molecular flexibility index (Phi) is 6.98. The lowest BCUT2D eigenvalue weighted by Gasteiger charge is -2.32. The molecule has 7 nitrogen and oxygen atoms in total. The lowest BCUT2D eigenvalue weighted by molar-refractivity contribution is -0.142. The molecular weight excluding hydrogens is 276 g/mol. The maximum atomic E-state index is 12.1. The second-order valence-corrected chi connectivity index (χ2v) is 5.29. The fourth-order valence-corrected chi connectivity index (χ4v) is 2.41. The minimum absolute atomic E-state index is 0.0270. The number of aliphatic carboxylic acids is 1. The number of hydrogen-bond acceptors (Lipinski definition) is 4. The highest BCUT2D eigenvalue weighted by atomic mass is 16.5. The number of nitrogens with zero attached hydrogens (tertiary/aromatic N) is 1. The van der Waals surface area contributed by atoms with Crippen LogP contribution in [-0.4, -0.2) is 54.2 Å². The van der Waals surface area contributed by atoms with Crippen LogP contribution >= 0.6 is 0 Å². The normalized spacial score (nSPS) is 17.1. The van der Waals surface area contributed by atoms with Crippen LogP contribution in [0.1, 0.15) is 39.0 Å². The Bertz CT molecular complexity index is 378. The van der Waals surface area contributed by atoms with Gasteiger partial charge in [0.2, 0.25) is 0 Å². The molecule has 0 unspecified atom stereocenters. The van der Waals surface area contributed by atoms with Gasteiger partial charge in [0.05, 0.1) is 7.11 Å². The van der Waals surface area contributed by atoms with E-state index < -0.39 is 18.0 Å². The van der Waals surface area contributed by atoms with Crippen molar-refractivity contribution in [1.82, 2.24) is 10.2 Å². The van der Waals surface area contributed by atoms with Crippen molar-refractivity contribution in [2.24, 2.45) is 5.92 Å². The van der Waals surface area contributed by atoms with Gasteiger partial charge in [0.25, 0.3) is 0 Å². The van der Waals surface area contributed by atoms with Crippen molar-refractivity contribution in [3.8, 4) is 0 Å². The largest absolute Gasteiger partial charge is 0.480 e. The van der Waals surface area contributed by atoms with Crippen LogP contribution in [-0.2, 0) is 14.3 Å². The number of nitrogens with one attached hydrogen (secondary N) is 1. The molecular formula is C14H24N2O5. The number of likely N-dealkylation sites (tertiary alicyclic amines) is 1. The van der Waals surface area contributed by atoms with Crippen molar-refractivity contribution >= 4 is 18.0 Å². The Balaban J connectivity index is 2.45. The second-order valence-electron chi connectivity index (χ2n) is 5.29.